The highest BCUT2D eigenvalue weighted by Gasteiger charge is 2.24. The normalized spacial score (nSPS) is 14.7. The van der Waals surface area contributed by atoms with Gasteiger partial charge in [0.1, 0.15) is 5.75 Å². The van der Waals surface area contributed by atoms with Gasteiger partial charge in [-0.3, -0.25) is 9.69 Å². The van der Waals surface area contributed by atoms with Crippen LogP contribution < -0.4 is 4.74 Å². The van der Waals surface area contributed by atoms with E-state index >= 15 is 0 Å². The molecule has 1 heterocycles. The summed E-state index contributed by atoms with van der Waals surface area (Å²) in [4.78, 5) is 17.5. The summed E-state index contributed by atoms with van der Waals surface area (Å²) in [6, 6.07) is 20.8. The van der Waals surface area contributed by atoms with Crippen molar-refractivity contribution in [1.82, 2.24) is 9.80 Å². The van der Waals surface area contributed by atoms with Gasteiger partial charge in [-0.15, -0.1) is 0 Å². The molecule has 0 aliphatic carbocycles. The Labute approximate surface area is 205 Å². The molecule has 178 valence electrons. The Morgan fingerprint density at radius 1 is 0.941 bits per heavy atom. The van der Waals surface area contributed by atoms with Crippen LogP contribution in [0, 0.1) is 0 Å². The summed E-state index contributed by atoms with van der Waals surface area (Å²) in [5.74, 6) is 0.567. The first-order valence-corrected chi connectivity index (χ1v) is 13.1. The highest BCUT2D eigenvalue weighted by Crippen LogP contribution is 2.25. The molecule has 3 aromatic rings. The summed E-state index contributed by atoms with van der Waals surface area (Å²) < 4.78 is 30.9. The number of rotatable bonds is 7. The van der Waals surface area contributed by atoms with Crippen LogP contribution in [0.1, 0.15) is 21.5 Å². The van der Waals surface area contributed by atoms with E-state index in [-0.39, 0.29) is 16.6 Å². The zero-order chi connectivity index (χ0) is 24.1. The zero-order valence-corrected chi connectivity index (χ0v) is 20.6. The van der Waals surface area contributed by atoms with Crippen molar-refractivity contribution < 1.29 is 17.9 Å². The number of carbonyl (C=O) groups excluding carboxylic acids is 1. The van der Waals surface area contributed by atoms with Gasteiger partial charge in [-0.25, -0.2) is 8.42 Å². The molecule has 8 heteroatoms. The summed E-state index contributed by atoms with van der Waals surface area (Å²) in [5.41, 5.74) is 2.12. The van der Waals surface area contributed by atoms with Crippen molar-refractivity contribution in [2.75, 3.05) is 33.3 Å². The van der Waals surface area contributed by atoms with Crippen LogP contribution in [-0.2, 0) is 22.1 Å². The lowest BCUT2D eigenvalue weighted by molar-refractivity contribution is 0.0627. The summed E-state index contributed by atoms with van der Waals surface area (Å²) in [6.07, 6.45) is 0. The first kappa shape index (κ1) is 24.3. The van der Waals surface area contributed by atoms with Gasteiger partial charge in [0.2, 0.25) is 0 Å². The summed E-state index contributed by atoms with van der Waals surface area (Å²) >= 11 is 6.15. The molecule has 0 radical (unpaired) electrons. The smallest absolute Gasteiger partial charge is 0.253 e. The average molecular weight is 499 g/mol. The molecule has 4 rings (SSSR count). The number of amides is 1. The second kappa shape index (κ2) is 10.6. The molecule has 1 fully saturated rings. The third-order valence-electron chi connectivity index (χ3n) is 5.93. The predicted molar refractivity (Wildman–Crippen MR) is 133 cm³/mol. The number of hydrogen-bond acceptors (Lipinski definition) is 5. The van der Waals surface area contributed by atoms with E-state index < -0.39 is 9.84 Å². The fourth-order valence-corrected chi connectivity index (χ4v) is 5.68. The standard InChI is InChI=1S/C26H27ClN2O4S/c1-33-25-11-10-23(27)17-22(25)18-28-12-14-29(15-13-28)26(30)21-7-5-6-20(16-21)19-34(31,32)24-8-3-2-4-9-24/h2-11,16-17H,12-15,18-19H2,1H3. The minimum absolute atomic E-state index is 0.0843. The molecule has 1 saturated heterocycles. The zero-order valence-electron chi connectivity index (χ0n) is 19.0. The number of methoxy groups -OCH3 is 1. The molecule has 1 aliphatic rings. The maximum absolute atomic E-state index is 13.1. The lowest BCUT2D eigenvalue weighted by Crippen LogP contribution is -2.48. The van der Waals surface area contributed by atoms with E-state index in [2.05, 4.69) is 4.90 Å². The van der Waals surface area contributed by atoms with Gasteiger partial charge in [0.05, 0.1) is 17.8 Å². The van der Waals surface area contributed by atoms with E-state index in [1.54, 1.807) is 67.8 Å². The van der Waals surface area contributed by atoms with Crippen molar-refractivity contribution >= 4 is 27.3 Å². The van der Waals surface area contributed by atoms with E-state index in [0.717, 1.165) is 24.4 Å². The third kappa shape index (κ3) is 5.78. The predicted octanol–water partition coefficient (Wildman–Crippen LogP) is 4.28. The van der Waals surface area contributed by atoms with Gasteiger partial charge < -0.3 is 9.64 Å². The molecule has 0 unspecified atom stereocenters. The van der Waals surface area contributed by atoms with Gasteiger partial charge in [0.25, 0.3) is 5.91 Å². The Bertz CT molecular complexity index is 1260. The molecular formula is C26H27ClN2O4S. The molecular weight excluding hydrogens is 472 g/mol. The van der Waals surface area contributed by atoms with Gasteiger partial charge in [-0.1, -0.05) is 41.9 Å². The molecule has 3 aromatic carbocycles. The quantitative estimate of drug-likeness (QED) is 0.486. The highest BCUT2D eigenvalue weighted by atomic mass is 35.5. The topological polar surface area (TPSA) is 66.9 Å². The monoisotopic (exact) mass is 498 g/mol. The van der Waals surface area contributed by atoms with Crippen LogP contribution in [0.4, 0.5) is 0 Å². The Morgan fingerprint density at radius 3 is 2.38 bits per heavy atom. The van der Waals surface area contributed by atoms with E-state index in [0.29, 0.717) is 35.8 Å². The number of sulfone groups is 1. The minimum atomic E-state index is -3.48. The molecule has 1 aliphatic heterocycles. The van der Waals surface area contributed by atoms with E-state index in [4.69, 9.17) is 16.3 Å². The molecule has 34 heavy (non-hydrogen) atoms. The maximum atomic E-state index is 13.1. The van der Waals surface area contributed by atoms with Crippen LogP contribution in [0.25, 0.3) is 0 Å². The minimum Gasteiger partial charge on any atom is -0.496 e. The summed E-state index contributed by atoms with van der Waals surface area (Å²) in [7, 11) is -1.84. The summed E-state index contributed by atoms with van der Waals surface area (Å²) in [6.45, 7) is 3.33. The van der Waals surface area contributed by atoms with Crippen molar-refractivity contribution in [3.8, 4) is 5.75 Å². The van der Waals surface area contributed by atoms with Crippen LogP contribution in [0.15, 0.2) is 77.7 Å². The second-order valence-corrected chi connectivity index (χ2v) is 10.7. The Hall–Kier alpha value is -2.87. The first-order chi connectivity index (χ1) is 16.4. The molecule has 0 bridgehead atoms. The SMILES string of the molecule is COc1ccc(Cl)cc1CN1CCN(C(=O)c2cccc(CS(=O)(=O)c3ccccc3)c2)CC1. The molecule has 0 N–H and O–H groups in total. The number of benzene rings is 3. The number of carbonyl (C=O) groups is 1. The molecule has 0 aromatic heterocycles. The van der Waals surface area contributed by atoms with Crippen LogP contribution >= 0.6 is 11.6 Å². The average Bonchev–Trinajstić information content (AvgIpc) is 2.85. The fraction of sp³-hybridized carbons (Fsp3) is 0.269. The van der Waals surface area contributed by atoms with Gasteiger partial charge in [-0.2, -0.15) is 0 Å². The Balaban J connectivity index is 1.39. The maximum Gasteiger partial charge on any atom is 0.253 e. The van der Waals surface area contributed by atoms with Crippen molar-refractivity contribution in [1.29, 1.82) is 0 Å². The van der Waals surface area contributed by atoms with Gasteiger partial charge in [-0.05, 0) is 48.0 Å². The molecule has 1 amide bonds. The molecule has 0 saturated carbocycles. The lowest BCUT2D eigenvalue weighted by Gasteiger charge is -2.35. The molecule has 6 nitrogen and oxygen atoms in total. The Morgan fingerprint density at radius 2 is 1.68 bits per heavy atom. The number of hydrogen-bond donors (Lipinski definition) is 0. The van der Waals surface area contributed by atoms with Crippen molar-refractivity contribution in [3.05, 3.63) is 94.5 Å². The number of nitrogens with zero attached hydrogens (tertiary/aromatic N) is 2. The Kier molecular flexibility index (Phi) is 7.56. The third-order valence-corrected chi connectivity index (χ3v) is 7.87. The molecule has 0 spiro atoms. The van der Waals surface area contributed by atoms with Crippen LogP contribution in [-0.4, -0.2) is 57.4 Å². The van der Waals surface area contributed by atoms with Gasteiger partial charge in [0.15, 0.2) is 9.84 Å². The highest BCUT2D eigenvalue weighted by molar-refractivity contribution is 7.90. The van der Waals surface area contributed by atoms with E-state index in [1.165, 1.54) is 0 Å². The number of halogens is 1. The molecule has 0 atom stereocenters. The van der Waals surface area contributed by atoms with Crippen LogP contribution in [0.5, 0.6) is 5.75 Å². The van der Waals surface area contributed by atoms with Gasteiger partial charge >= 0.3 is 0 Å². The lowest BCUT2D eigenvalue weighted by atomic mass is 10.1. The van der Waals surface area contributed by atoms with Crippen molar-refractivity contribution in [2.24, 2.45) is 0 Å². The number of ether oxygens (including phenoxy) is 1. The van der Waals surface area contributed by atoms with Crippen molar-refractivity contribution in [3.63, 3.8) is 0 Å². The fourth-order valence-electron chi connectivity index (χ4n) is 4.13. The van der Waals surface area contributed by atoms with E-state index in [9.17, 15) is 13.2 Å². The number of piperazine rings is 1. The largest absolute Gasteiger partial charge is 0.496 e. The van der Waals surface area contributed by atoms with Crippen LogP contribution in [0.3, 0.4) is 0 Å². The summed E-state index contributed by atoms with van der Waals surface area (Å²) in [5, 5.41) is 0.666. The van der Waals surface area contributed by atoms with E-state index in [1.807, 2.05) is 17.0 Å². The van der Waals surface area contributed by atoms with Crippen LogP contribution in [0.2, 0.25) is 5.02 Å². The van der Waals surface area contributed by atoms with Crippen molar-refractivity contribution in [2.45, 2.75) is 17.2 Å². The second-order valence-electron chi connectivity index (χ2n) is 8.30. The van der Waals surface area contributed by atoms with Gasteiger partial charge in [0, 0.05) is 48.9 Å². The first-order valence-electron chi connectivity index (χ1n) is 11.1.